The molecule has 0 saturated heterocycles. The lowest BCUT2D eigenvalue weighted by Crippen LogP contribution is -2.41. The molecule has 0 aliphatic carbocycles. The lowest BCUT2D eigenvalue weighted by molar-refractivity contribution is -0.120. The van der Waals surface area contributed by atoms with Crippen LogP contribution in [0.2, 0.25) is 0 Å². The Morgan fingerprint density at radius 1 is 0.971 bits per heavy atom. The van der Waals surface area contributed by atoms with Crippen LogP contribution in [-0.2, 0) is 14.8 Å². The predicted octanol–water partition coefficient (Wildman–Crippen LogP) is 4.22. The third kappa shape index (κ3) is 5.66. The third-order valence-electron chi connectivity index (χ3n) is 5.30. The minimum Gasteiger partial charge on any atom is -0.493 e. The van der Waals surface area contributed by atoms with E-state index in [0.29, 0.717) is 11.5 Å². The SMILES string of the molecule is COc1ccc([C@H](C)NC(=O)CN(c2ccc(F)cc2)S(=O)(=O)c2ccc(C)cc2)cc1OC. The summed E-state index contributed by atoms with van der Waals surface area (Å²) in [4.78, 5) is 13.0. The van der Waals surface area contributed by atoms with Crippen molar-refractivity contribution in [3.05, 3.63) is 83.7 Å². The van der Waals surface area contributed by atoms with Crippen molar-refractivity contribution in [2.75, 3.05) is 25.1 Å². The maximum atomic E-state index is 13.5. The summed E-state index contributed by atoms with van der Waals surface area (Å²) in [6.07, 6.45) is 0. The van der Waals surface area contributed by atoms with E-state index in [1.54, 1.807) is 37.3 Å². The van der Waals surface area contributed by atoms with Crippen LogP contribution in [0.4, 0.5) is 10.1 Å². The van der Waals surface area contributed by atoms with Crippen molar-refractivity contribution in [2.45, 2.75) is 24.8 Å². The molecule has 0 radical (unpaired) electrons. The van der Waals surface area contributed by atoms with Crippen LogP contribution in [0.5, 0.6) is 11.5 Å². The van der Waals surface area contributed by atoms with E-state index >= 15 is 0 Å². The summed E-state index contributed by atoms with van der Waals surface area (Å²) in [6, 6.07) is 16.1. The average molecular weight is 487 g/mol. The Labute approximate surface area is 199 Å². The predicted molar refractivity (Wildman–Crippen MR) is 128 cm³/mol. The van der Waals surface area contributed by atoms with Gasteiger partial charge in [-0.3, -0.25) is 9.10 Å². The zero-order valence-electron chi connectivity index (χ0n) is 19.4. The fourth-order valence-corrected chi connectivity index (χ4v) is 4.80. The molecule has 3 aromatic carbocycles. The highest BCUT2D eigenvalue weighted by Crippen LogP contribution is 2.30. The van der Waals surface area contributed by atoms with E-state index in [1.807, 2.05) is 6.92 Å². The Bertz CT molecular complexity index is 1250. The molecule has 1 N–H and O–H groups in total. The number of halogens is 1. The molecule has 0 spiro atoms. The highest BCUT2D eigenvalue weighted by atomic mass is 32.2. The topological polar surface area (TPSA) is 84.9 Å². The zero-order chi connectivity index (χ0) is 24.9. The number of hydrogen-bond donors (Lipinski definition) is 1. The number of sulfonamides is 1. The van der Waals surface area contributed by atoms with Crippen LogP contribution in [0.15, 0.2) is 71.6 Å². The number of anilines is 1. The number of methoxy groups -OCH3 is 2. The molecule has 0 fully saturated rings. The molecule has 7 nitrogen and oxygen atoms in total. The monoisotopic (exact) mass is 486 g/mol. The van der Waals surface area contributed by atoms with E-state index in [0.717, 1.165) is 27.6 Å². The van der Waals surface area contributed by atoms with Gasteiger partial charge in [0.2, 0.25) is 5.91 Å². The summed E-state index contributed by atoms with van der Waals surface area (Å²) in [5, 5.41) is 2.81. The van der Waals surface area contributed by atoms with Crippen molar-refractivity contribution < 1.29 is 27.1 Å². The molecule has 0 unspecified atom stereocenters. The van der Waals surface area contributed by atoms with E-state index in [9.17, 15) is 17.6 Å². The maximum absolute atomic E-state index is 13.5. The van der Waals surface area contributed by atoms with Gasteiger partial charge in [-0.1, -0.05) is 23.8 Å². The van der Waals surface area contributed by atoms with Gasteiger partial charge in [0.05, 0.1) is 30.8 Å². The molecule has 0 bridgehead atoms. The van der Waals surface area contributed by atoms with Gasteiger partial charge in [0, 0.05) is 0 Å². The lowest BCUT2D eigenvalue weighted by Gasteiger charge is -2.25. The Morgan fingerprint density at radius 2 is 1.59 bits per heavy atom. The van der Waals surface area contributed by atoms with Crippen LogP contribution in [-0.4, -0.2) is 35.1 Å². The Morgan fingerprint density at radius 3 is 2.18 bits per heavy atom. The first-order chi connectivity index (χ1) is 16.1. The minimum absolute atomic E-state index is 0.0307. The lowest BCUT2D eigenvalue weighted by atomic mass is 10.1. The first kappa shape index (κ1) is 25.0. The summed E-state index contributed by atoms with van der Waals surface area (Å²) in [7, 11) is -1.04. The number of carbonyl (C=O) groups excluding carboxylic acids is 1. The standard InChI is InChI=1S/C25H27FN2O5S/c1-17-5-12-22(13-6-17)34(30,31)28(21-10-8-20(26)9-11-21)16-25(29)27-18(2)19-7-14-23(32-3)24(15-19)33-4/h5-15,18H,16H2,1-4H3,(H,27,29)/t18-/m0/s1. The molecular formula is C25H27FN2O5S. The van der Waals surface area contributed by atoms with Gasteiger partial charge in [-0.05, 0) is 67.9 Å². The van der Waals surface area contributed by atoms with Gasteiger partial charge in [0.15, 0.2) is 11.5 Å². The highest BCUT2D eigenvalue weighted by molar-refractivity contribution is 7.92. The van der Waals surface area contributed by atoms with Crippen LogP contribution in [0, 0.1) is 12.7 Å². The van der Waals surface area contributed by atoms with Crippen molar-refractivity contribution >= 4 is 21.6 Å². The number of nitrogens with one attached hydrogen (secondary N) is 1. The first-order valence-corrected chi connectivity index (χ1v) is 12.0. The average Bonchev–Trinajstić information content (AvgIpc) is 2.82. The molecule has 34 heavy (non-hydrogen) atoms. The summed E-state index contributed by atoms with van der Waals surface area (Å²) in [5.74, 6) is 0.0256. The summed E-state index contributed by atoms with van der Waals surface area (Å²) >= 11 is 0. The van der Waals surface area contributed by atoms with Gasteiger partial charge in [-0.2, -0.15) is 0 Å². The third-order valence-corrected chi connectivity index (χ3v) is 7.08. The minimum atomic E-state index is -4.09. The second-order valence-electron chi connectivity index (χ2n) is 7.70. The largest absolute Gasteiger partial charge is 0.493 e. The zero-order valence-corrected chi connectivity index (χ0v) is 20.2. The van der Waals surface area contributed by atoms with Crippen LogP contribution in [0.1, 0.15) is 24.1 Å². The molecule has 0 aliphatic rings. The summed E-state index contributed by atoms with van der Waals surface area (Å²) in [6.45, 7) is 3.13. The molecule has 1 atom stereocenters. The molecule has 3 aromatic rings. The Kier molecular flexibility index (Phi) is 7.78. The Hall–Kier alpha value is -3.59. The number of carbonyl (C=O) groups is 1. The van der Waals surface area contributed by atoms with Crippen molar-refractivity contribution in [1.82, 2.24) is 5.32 Å². The fourth-order valence-electron chi connectivity index (χ4n) is 3.38. The van der Waals surface area contributed by atoms with Gasteiger partial charge >= 0.3 is 0 Å². The van der Waals surface area contributed by atoms with Crippen LogP contribution >= 0.6 is 0 Å². The number of nitrogens with zero attached hydrogens (tertiary/aromatic N) is 1. The van der Waals surface area contributed by atoms with Gasteiger partial charge in [0.25, 0.3) is 10.0 Å². The summed E-state index contributed by atoms with van der Waals surface area (Å²) < 4.78 is 51.8. The molecule has 0 aliphatic heterocycles. The smallest absolute Gasteiger partial charge is 0.264 e. The molecule has 9 heteroatoms. The fraction of sp³-hybridized carbons (Fsp3) is 0.240. The maximum Gasteiger partial charge on any atom is 0.264 e. The molecule has 3 rings (SSSR count). The molecule has 1 amide bonds. The van der Waals surface area contributed by atoms with Crippen LogP contribution in [0.25, 0.3) is 0 Å². The van der Waals surface area contributed by atoms with E-state index in [1.165, 1.54) is 38.5 Å². The number of rotatable bonds is 9. The number of aryl methyl sites for hydroxylation is 1. The van der Waals surface area contributed by atoms with E-state index in [2.05, 4.69) is 5.32 Å². The van der Waals surface area contributed by atoms with Crippen molar-refractivity contribution in [2.24, 2.45) is 0 Å². The number of benzene rings is 3. The van der Waals surface area contributed by atoms with E-state index < -0.39 is 34.3 Å². The highest BCUT2D eigenvalue weighted by Gasteiger charge is 2.28. The second kappa shape index (κ2) is 10.6. The molecule has 0 heterocycles. The number of amides is 1. The number of hydrogen-bond acceptors (Lipinski definition) is 5. The van der Waals surface area contributed by atoms with Gasteiger partial charge in [-0.15, -0.1) is 0 Å². The van der Waals surface area contributed by atoms with E-state index in [4.69, 9.17) is 9.47 Å². The van der Waals surface area contributed by atoms with Gasteiger partial charge in [-0.25, -0.2) is 12.8 Å². The van der Waals surface area contributed by atoms with Crippen LogP contribution < -0.4 is 19.1 Å². The molecular weight excluding hydrogens is 459 g/mol. The normalized spacial score (nSPS) is 12.0. The van der Waals surface area contributed by atoms with Gasteiger partial charge in [0.1, 0.15) is 12.4 Å². The first-order valence-electron chi connectivity index (χ1n) is 10.5. The second-order valence-corrected chi connectivity index (χ2v) is 9.57. The van der Waals surface area contributed by atoms with Gasteiger partial charge < -0.3 is 14.8 Å². The molecule has 180 valence electrons. The van der Waals surface area contributed by atoms with Crippen LogP contribution in [0.3, 0.4) is 0 Å². The molecule has 0 saturated carbocycles. The Balaban J connectivity index is 1.87. The van der Waals surface area contributed by atoms with Crippen molar-refractivity contribution in [1.29, 1.82) is 0 Å². The summed E-state index contributed by atoms with van der Waals surface area (Å²) in [5.41, 5.74) is 1.82. The van der Waals surface area contributed by atoms with Crippen molar-refractivity contribution in [3.8, 4) is 11.5 Å². The quantitative estimate of drug-likeness (QED) is 0.490. The van der Waals surface area contributed by atoms with E-state index in [-0.39, 0.29) is 10.6 Å². The van der Waals surface area contributed by atoms with Crippen molar-refractivity contribution in [3.63, 3.8) is 0 Å². The molecule has 0 aromatic heterocycles. The number of ether oxygens (including phenoxy) is 2.